The Morgan fingerprint density at radius 1 is 1.11 bits per heavy atom. The van der Waals surface area contributed by atoms with Crippen LogP contribution in [0.25, 0.3) is 0 Å². The summed E-state index contributed by atoms with van der Waals surface area (Å²) in [6.45, 7) is 10.8. The molecule has 0 spiro atoms. The molecule has 0 saturated carbocycles. The molecule has 0 aromatic heterocycles. The number of hydrogen-bond acceptors (Lipinski definition) is 1. The van der Waals surface area contributed by atoms with Gasteiger partial charge in [0, 0.05) is 6.42 Å². The van der Waals surface area contributed by atoms with Gasteiger partial charge in [0.2, 0.25) is 5.24 Å². The molecule has 0 bridgehead atoms. The van der Waals surface area contributed by atoms with E-state index in [2.05, 4.69) is 58.9 Å². The van der Waals surface area contributed by atoms with Gasteiger partial charge >= 0.3 is 0 Å². The topological polar surface area (TPSA) is 17.1 Å². The van der Waals surface area contributed by atoms with E-state index in [-0.39, 0.29) is 16.6 Å². The maximum absolute atomic E-state index is 11.2. The largest absolute Gasteiger partial charge is 0.281 e. The molecule has 1 unspecified atom stereocenters. The number of rotatable bonds is 4. The van der Waals surface area contributed by atoms with Crippen molar-refractivity contribution < 1.29 is 4.79 Å². The van der Waals surface area contributed by atoms with E-state index in [1.165, 1.54) is 11.1 Å². The van der Waals surface area contributed by atoms with Crippen LogP contribution >= 0.6 is 11.6 Å². The van der Waals surface area contributed by atoms with Crippen LogP contribution in [0.5, 0.6) is 0 Å². The summed E-state index contributed by atoms with van der Waals surface area (Å²) in [5, 5.41) is -0.261. The first-order chi connectivity index (χ1) is 8.21. The molecule has 0 fully saturated rings. The van der Waals surface area contributed by atoms with Gasteiger partial charge in [-0.2, -0.15) is 0 Å². The Labute approximate surface area is 116 Å². The zero-order chi connectivity index (χ0) is 13.9. The predicted molar refractivity (Wildman–Crippen MR) is 78.2 cm³/mol. The fourth-order valence-electron chi connectivity index (χ4n) is 2.20. The van der Waals surface area contributed by atoms with Gasteiger partial charge in [-0.25, -0.2) is 0 Å². The lowest BCUT2D eigenvalue weighted by Crippen LogP contribution is -2.20. The third kappa shape index (κ3) is 4.13. The molecule has 100 valence electrons. The molecule has 1 rings (SSSR count). The smallest absolute Gasteiger partial charge is 0.222 e. The maximum atomic E-state index is 11.2. The average molecular weight is 267 g/mol. The van der Waals surface area contributed by atoms with Crippen molar-refractivity contribution in [2.24, 2.45) is 5.41 Å². The molecule has 1 atom stereocenters. The van der Waals surface area contributed by atoms with Crippen molar-refractivity contribution in [1.82, 2.24) is 0 Å². The fraction of sp³-hybridized carbons (Fsp3) is 0.562. The number of hydrogen-bond donors (Lipinski definition) is 0. The third-order valence-electron chi connectivity index (χ3n) is 3.42. The van der Waals surface area contributed by atoms with Crippen molar-refractivity contribution >= 4 is 16.8 Å². The molecule has 0 aliphatic heterocycles. The van der Waals surface area contributed by atoms with Crippen LogP contribution in [0.2, 0.25) is 0 Å². The standard InChI is InChI=1S/C16H23ClO/c1-11(2)12-6-8-13(9-7-12)14(10-15(17)18)16(3,4)5/h6-9,11,14H,10H2,1-5H3. The summed E-state index contributed by atoms with van der Waals surface area (Å²) in [4.78, 5) is 11.2. The van der Waals surface area contributed by atoms with Crippen LogP contribution < -0.4 is 0 Å². The van der Waals surface area contributed by atoms with Gasteiger partial charge in [0.15, 0.2) is 0 Å². The molecular formula is C16H23ClO. The molecule has 1 aromatic rings. The fourth-order valence-corrected chi connectivity index (χ4v) is 2.35. The first kappa shape index (κ1) is 15.2. The molecule has 0 amide bonds. The summed E-state index contributed by atoms with van der Waals surface area (Å²) in [6, 6.07) is 8.56. The van der Waals surface area contributed by atoms with Gasteiger partial charge in [-0.05, 0) is 40.0 Å². The van der Waals surface area contributed by atoms with Crippen molar-refractivity contribution in [2.75, 3.05) is 0 Å². The molecule has 2 heteroatoms. The molecule has 18 heavy (non-hydrogen) atoms. The van der Waals surface area contributed by atoms with Crippen molar-refractivity contribution in [2.45, 2.75) is 52.9 Å². The highest BCUT2D eigenvalue weighted by Gasteiger charge is 2.27. The quantitative estimate of drug-likeness (QED) is 0.694. The van der Waals surface area contributed by atoms with Crippen molar-refractivity contribution in [1.29, 1.82) is 0 Å². The second kappa shape index (κ2) is 5.88. The molecule has 0 heterocycles. The van der Waals surface area contributed by atoms with Crippen molar-refractivity contribution in [3.8, 4) is 0 Å². The number of halogens is 1. The van der Waals surface area contributed by atoms with E-state index >= 15 is 0 Å². The van der Waals surface area contributed by atoms with Crippen LogP contribution in [0.15, 0.2) is 24.3 Å². The van der Waals surface area contributed by atoms with E-state index in [9.17, 15) is 4.79 Å². The summed E-state index contributed by atoms with van der Waals surface area (Å²) in [5.74, 6) is 0.700. The van der Waals surface area contributed by atoms with E-state index in [1.54, 1.807) is 0 Å². The van der Waals surface area contributed by atoms with E-state index in [4.69, 9.17) is 11.6 Å². The summed E-state index contributed by atoms with van der Waals surface area (Å²) in [6.07, 6.45) is 0.395. The van der Waals surface area contributed by atoms with Crippen LogP contribution in [-0.4, -0.2) is 5.24 Å². The van der Waals surface area contributed by atoms with Crippen LogP contribution in [0.1, 0.15) is 64.0 Å². The highest BCUT2D eigenvalue weighted by Crippen LogP contribution is 2.38. The van der Waals surface area contributed by atoms with Gasteiger partial charge in [-0.3, -0.25) is 4.79 Å². The summed E-state index contributed by atoms with van der Waals surface area (Å²) in [5.41, 5.74) is 2.55. The lowest BCUT2D eigenvalue weighted by Gasteiger charge is -2.30. The molecule has 0 aliphatic carbocycles. The second-order valence-electron chi connectivity index (χ2n) is 6.30. The first-order valence-electron chi connectivity index (χ1n) is 6.50. The summed E-state index contributed by atoms with van der Waals surface area (Å²) in [7, 11) is 0. The minimum Gasteiger partial charge on any atom is -0.281 e. The highest BCUT2D eigenvalue weighted by atomic mass is 35.5. The van der Waals surface area contributed by atoms with Gasteiger partial charge < -0.3 is 0 Å². The van der Waals surface area contributed by atoms with Gasteiger partial charge in [0.1, 0.15) is 0 Å². The Morgan fingerprint density at radius 2 is 1.56 bits per heavy atom. The zero-order valence-electron chi connectivity index (χ0n) is 12.0. The minimum atomic E-state index is -0.261. The molecular weight excluding hydrogens is 244 g/mol. The SMILES string of the molecule is CC(C)c1ccc(C(CC(=O)Cl)C(C)(C)C)cc1. The van der Waals surface area contributed by atoms with E-state index in [0.29, 0.717) is 12.3 Å². The van der Waals surface area contributed by atoms with Gasteiger partial charge in [-0.15, -0.1) is 0 Å². The van der Waals surface area contributed by atoms with Crippen LogP contribution in [0, 0.1) is 5.41 Å². The third-order valence-corrected chi connectivity index (χ3v) is 3.57. The predicted octanol–water partition coefficient (Wildman–Crippen LogP) is 5.10. The zero-order valence-corrected chi connectivity index (χ0v) is 12.7. The molecule has 0 aliphatic rings. The molecule has 0 N–H and O–H groups in total. The van der Waals surface area contributed by atoms with Crippen molar-refractivity contribution in [3.63, 3.8) is 0 Å². The Kier molecular flexibility index (Phi) is 4.98. The molecule has 1 aromatic carbocycles. The Balaban J connectivity index is 3.02. The highest BCUT2D eigenvalue weighted by molar-refractivity contribution is 6.63. The normalized spacial score (nSPS) is 13.7. The van der Waals surface area contributed by atoms with E-state index in [0.717, 1.165) is 0 Å². The van der Waals surface area contributed by atoms with Crippen LogP contribution in [0.3, 0.4) is 0 Å². The number of carbonyl (C=O) groups is 1. The van der Waals surface area contributed by atoms with Gasteiger partial charge in [0.25, 0.3) is 0 Å². The maximum Gasteiger partial charge on any atom is 0.222 e. The summed E-state index contributed by atoms with van der Waals surface area (Å²) < 4.78 is 0. The number of carbonyl (C=O) groups excluding carboxylic acids is 1. The second-order valence-corrected chi connectivity index (χ2v) is 6.72. The van der Waals surface area contributed by atoms with Gasteiger partial charge in [0.05, 0.1) is 0 Å². The number of benzene rings is 1. The molecule has 0 saturated heterocycles. The van der Waals surface area contributed by atoms with Gasteiger partial charge in [-0.1, -0.05) is 58.9 Å². The van der Waals surface area contributed by atoms with Crippen LogP contribution in [-0.2, 0) is 4.79 Å². The van der Waals surface area contributed by atoms with Crippen molar-refractivity contribution in [3.05, 3.63) is 35.4 Å². The molecule has 1 nitrogen and oxygen atoms in total. The lowest BCUT2D eigenvalue weighted by atomic mass is 9.74. The average Bonchev–Trinajstić information content (AvgIpc) is 2.24. The van der Waals surface area contributed by atoms with E-state index < -0.39 is 0 Å². The Morgan fingerprint density at radius 3 is 1.89 bits per heavy atom. The Bertz CT molecular complexity index is 398. The lowest BCUT2D eigenvalue weighted by molar-refractivity contribution is -0.112. The molecule has 0 radical (unpaired) electrons. The van der Waals surface area contributed by atoms with Crippen LogP contribution in [0.4, 0.5) is 0 Å². The minimum absolute atomic E-state index is 0.0316. The van der Waals surface area contributed by atoms with E-state index in [1.807, 2.05) is 0 Å². The first-order valence-corrected chi connectivity index (χ1v) is 6.87. The summed E-state index contributed by atoms with van der Waals surface area (Å²) >= 11 is 5.57. The Hall–Kier alpha value is -0.820. The monoisotopic (exact) mass is 266 g/mol.